The maximum absolute atomic E-state index is 6.25. The van der Waals surface area contributed by atoms with Gasteiger partial charge in [-0.2, -0.15) is 11.8 Å². The number of nitrogens with one attached hydrogen (secondary N) is 1. The van der Waals surface area contributed by atoms with E-state index in [0.29, 0.717) is 11.2 Å². The standard InChI is InChI=1S/C15H24ClN3S/c1-11(2)7-17-8-13-6-15(18-9-14(13)16)19-4-5-20-12(3)10-19/h6,9,11-12,17H,4-5,7-8,10H2,1-3H3. The fourth-order valence-electron chi connectivity index (χ4n) is 2.30. The van der Waals surface area contributed by atoms with E-state index in [9.17, 15) is 0 Å². The predicted molar refractivity (Wildman–Crippen MR) is 89.9 cm³/mol. The average Bonchev–Trinajstić information content (AvgIpc) is 2.40. The van der Waals surface area contributed by atoms with Gasteiger partial charge in [0.15, 0.2) is 0 Å². The van der Waals surface area contributed by atoms with Crippen molar-refractivity contribution >= 4 is 29.2 Å². The minimum Gasteiger partial charge on any atom is -0.355 e. The molecule has 1 unspecified atom stereocenters. The van der Waals surface area contributed by atoms with Crippen molar-refractivity contribution in [2.24, 2.45) is 5.92 Å². The molecule has 1 saturated heterocycles. The first-order valence-corrected chi connectivity index (χ1v) is 8.70. The van der Waals surface area contributed by atoms with E-state index < -0.39 is 0 Å². The number of hydrogen-bond acceptors (Lipinski definition) is 4. The Morgan fingerprint density at radius 3 is 3.05 bits per heavy atom. The first kappa shape index (κ1) is 15.9. The van der Waals surface area contributed by atoms with Crippen LogP contribution in [-0.4, -0.2) is 35.6 Å². The highest BCUT2D eigenvalue weighted by Crippen LogP contribution is 2.25. The summed E-state index contributed by atoms with van der Waals surface area (Å²) in [6.07, 6.45) is 1.79. The molecule has 3 nitrogen and oxygen atoms in total. The molecule has 1 aliphatic rings. The molecule has 112 valence electrons. The zero-order chi connectivity index (χ0) is 14.5. The van der Waals surface area contributed by atoms with Gasteiger partial charge in [0.25, 0.3) is 0 Å². The Morgan fingerprint density at radius 1 is 1.55 bits per heavy atom. The molecule has 0 aliphatic carbocycles. The molecule has 0 saturated carbocycles. The lowest BCUT2D eigenvalue weighted by Crippen LogP contribution is -2.37. The van der Waals surface area contributed by atoms with Gasteiger partial charge in [-0.15, -0.1) is 0 Å². The number of aromatic nitrogens is 1. The molecule has 1 aromatic heterocycles. The lowest BCUT2D eigenvalue weighted by Gasteiger charge is -2.31. The number of halogens is 1. The quantitative estimate of drug-likeness (QED) is 0.901. The van der Waals surface area contributed by atoms with Gasteiger partial charge in [-0.1, -0.05) is 32.4 Å². The third-order valence-corrected chi connectivity index (χ3v) is 4.83. The predicted octanol–water partition coefficient (Wildman–Crippen LogP) is 3.42. The van der Waals surface area contributed by atoms with Crippen LogP contribution in [0.4, 0.5) is 5.82 Å². The average molecular weight is 314 g/mol. The maximum Gasteiger partial charge on any atom is 0.128 e. The number of rotatable bonds is 5. The largest absolute Gasteiger partial charge is 0.355 e. The highest BCUT2D eigenvalue weighted by atomic mass is 35.5. The molecule has 0 aromatic carbocycles. The first-order chi connectivity index (χ1) is 9.56. The van der Waals surface area contributed by atoms with Crippen molar-refractivity contribution in [1.82, 2.24) is 10.3 Å². The van der Waals surface area contributed by atoms with Crippen molar-refractivity contribution in [3.63, 3.8) is 0 Å². The van der Waals surface area contributed by atoms with E-state index >= 15 is 0 Å². The van der Waals surface area contributed by atoms with Crippen molar-refractivity contribution in [3.8, 4) is 0 Å². The number of nitrogens with zero attached hydrogens (tertiary/aromatic N) is 2. The van der Waals surface area contributed by atoms with Gasteiger partial charge in [-0.05, 0) is 24.1 Å². The lowest BCUT2D eigenvalue weighted by atomic mass is 10.2. The molecule has 1 N–H and O–H groups in total. The molecule has 0 spiro atoms. The molecule has 1 fully saturated rings. The Labute approximate surface area is 131 Å². The van der Waals surface area contributed by atoms with Crippen LogP contribution in [-0.2, 0) is 6.54 Å². The van der Waals surface area contributed by atoms with E-state index in [1.807, 2.05) is 11.8 Å². The van der Waals surface area contributed by atoms with Crippen LogP contribution >= 0.6 is 23.4 Å². The zero-order valence-electron chi connectivity index (χ0n) is 12.5. The lowest BCUT2D eigenvalue weighted by molar-refractivity contribution is 0.552. The van der Waals surface area contributed by atoms with Crippen LogP contribution in [0.2, 0.25) is 5.02 Å². The van der Waals surface area contributed by atoms with Gasteiger partial charge in [0, 0.05) is 36.8 Å². The van der Waals surface area contributed by atoms with Gasteiger partial charge >= 0.3 is 0 Å². The molecule has 1 aliphatic heterocycles. The fourth-order valence-corrected chi connectivity index (χ4v) is 3.48. The summed E-state index contributed by atoms with van der Waals surface area (Å²) >= 11 is 8.29. The minimum atomic E-state index is 0.648. The van der Waals surface area contributed by atoms with Crippen LogP contribution in [0.3, 0.4) is 0 Å². The number of anilines is 1. The minimum absolute atomic E-state index is 0.648. The van der Waals surface area contributed by atoms with Crippen LogP contribution in [0.1, 0.15) is 26.3 Å². The third kappa shape index (κ3) is 4.54. The molecule has 5 heteroatoms. The summed E-state index contributed by atoms with van der Waals surface area (Å²) in [7, 11) is 0. The molecule has 0 bridgehead atoms. The van der Waals surface area contributed by atoms with Crippen LogP contribution in [0.25, 0.3) is 0 Å². The van der Waals surface area contributed by atoms with Gasteiger partial charge in [0.05, 0.1) is 5.02 Å². The Bertz CT molecular complexity index is 439. The van der Waals surface area contributed by atoms with E-state index in [2.05, 4.69) is 42.0 Å². The summed E-state index contributed by atoms with van der Waals surface area (Å²) in [5.41, 5.74) is 1.14. The highest BCUT2D eigenvalue weighted by Gasteiger charge is 2.18. The molecule has 1 aromatic rings. The van der Waals surface area contributed by atoms with Crippen molar-refractivity contribution in [1.29, 1.82) is 0 Å². The van der Waals surface area contributed by atoms with E-state index in [4.69, 9.17) is 11.6 Å². The second-order valence-corrected chi connectivity index (χ2v) is 7.74. The van der Waals surface area contributed by atoms with E-state index in [1.54, 1.807) is 6.20 Å². The SMILES string of the molecule is CC(C)CNCc1cc(N2CCSC(C)C2)ncc1Cl. The van der Waals surface area contributed by atoms with Gasteiger partial charge in [-0.3, -0.25) is 0 Å². The second-order valence-electron chi connectivity index (χ2n) is 5.79. The summed E-state index contributed by atoms with van der Waals surface area (Å²) < 4.78 is 0. The fraction of sp³-hybridized carbons (Fsp3) is 0.667. The van der Waals surface area contributed by atoms with Crippen molar-refractivity contribution in [2.45, 2.75) is 32.6 Å². The van der Waals surface area contributed by atoms with Gasteiger partial charge in [0.2, 0.25) is 0 Å². The molecule has 2 heterocycles. The summed E-state index contributed by atoms with van der Waals surface area (Å²) in [5, 5.41) is 4.87. The normalized spacial score (nSPS) is 19.6. The van der Waals surface area contributed by atoms with E-state index in [1.165, 1.54) is 5.75 Å². The first-order valence-electron chi connectivity index (χ1n) is 7.28. The Kier molecular flexibility index (Phi) is 6.00. The maximum atomic E-state index is 6.25. The van der Waals surface area contributed by atoms with Crippen LogP contribution in [0, 0.1) is 5.92 Å². The van der Waals surface area contributed by atoms with Crippen molar-refractivity contribution in [2.75, 3.05) is 30.3 Å². The molecule has 0 radical (unpaired) electrons. The monoisotopic (exact) mass is 313 g/mol. The molecular formula is C15H24ClN3S. The van der Waals surface area contributed by atoms with Crippen LogP contribution in [0.5, 0.6) is 0 Å². The Hall–Kier alpha value is -0.450. The molecular weight excluding hydrogens is 290 g/mol. The molecule has 2 rings (SSSR count). The number of hydrogen-bond donors (Lipinski definition) is 1. The molecule has 1 atom stereocenters. The van der Waals surface area contributed by atoms with Crippen LogP contribution in [0.15, 0.2) is 12.3 Å². The number of thioether (sulfide) groups is 1. The van der Waals surface area contributed by atoms with Crippen molar-refractivity contribution < 1.29 is 0 Å². The summed E-state index contributed by atoms with van der Waals surface area (Å²) in [5.74, 6) is 2.88. The summed E-state index contributed by atoms with van der Waals surface area (Å²) in [6, 6.07) is 2.14. The van der Waals surface area contributed by atoms with Gasteiger partial charge < -0.3 is 10.2 Å². The second kappa shape index (κ2) is 7.53. The third-order valence-electron chi connectivity index (χ3n) is 3.35. The smallest absolute Gasteiger partial charge is 0.128 e. The summed E-state index contributed by atoms with van der Waals surface area (Å²) in [6.45, 7) is 10.6. The zero-order valence-corrected chi connectivity index (χ0v) is 14.1. The number of pyridine rings is 1. The van der Waals surface area contributed by atoms with Gasteiger partial charge in [0.1, 0.15) is 5.82 Å². The molecule has 20 heavy (non-hydrogen) atoms. The Morgan fingerprint density at radius 2 is 2.35 bits per heavy atom. The summed E-state index contributed by atoms with van der Waals surface area (Å²) in [4.78, 5) is 6.86. The van der Waals surface area contributed by atoms with Crippen LogP contribution < -0.4 is 10.2 Å². The van der Waals surface area contributed by atoms with Gasteiger partial charge in [-0.25, -0.2) is 4.98 Å². The molecule has 0 amide bonds. The van der Waals surface area contributed by atoms with E-state index in [0.717, 1.165) is 42.6 Å². The Balaban J connectivity index is 2.03. The topological polar surface area (TPSA) is 28.2 Å². The van der Waals surface area contributed by atoms with Crippen molar-refractivity contribution in [3.05, 3.63) is 22.8 Å². The highest BCUT2D eigenvalue weighted by molar-refractivity contribution is 8.00. The van der Waals surface area contributed by atoms with E-state index in [-0.39, 0.29) is 0 Å².